The van der Waals surface area contributed by atoms with Gasteiger partial charge in [0.25, 0.3) is 0 Å². The van der Waals surface area contributed by atoms with Crippen molar-refractivity contribution in [2.24, 2.45) is 0 Å². The summed E-state index contributed by atoms with van der Waals surface area (Å²) in [6.07, 6.45) is 0.747. The molecule has 2 unspecified atom stereocenters. The molecule has 0 saturated carbocycles. The van der Waals surface area contributed by atoms with E-state index in [0.29, 0.717) is 36.4 Å². The SMILES string of the molecule is CCC(C)c1ccc2cc(OC(C)OCCOc3cc(OC)cc(OC)c3)ccc2c1. The minimum Gasteiger partial charge on any atom is -0.496 e. The second-order valence-electron chi connectivity index (χ2n) is 7.53. The van der Waals surface area contributed by atoms with Gasteiger partial charge < -0.3 is 23.7 Å². The van der Waals surface area contributed by atoms with Crippen molar-refractivity contribution < 1.29 is 23.7 Å². The molecule has 0 aromatic heterocycles. The van der Waals surface area contributed by atoms with Gasteiger partial charge in [-0.25, -0.2) is 0 Å². The molecule has 5 heteroatoms. The highest BCUT2D eigenvalue weighted by Gasteiger charge is 2.08. The minimum absolute atomic E-state index is 0.389. The summed E-state index contributed by atoms with van der Waals surface area (Å²) in [5, 5.41) is 2.38. The van der Waals surface area contributed by atoms with Gasteiger partial charge in [0.15, 0.2) is 6.29 Å². The van der Waals surface area contributed by atoms with E-state index in [1.54, 1.807) is 20.3 Å². The summed E-state index contributed by atoms with van der Waals surface area (Å²) in [5.41, 5.74) is 1.37. The number of ether oxygens (including phenoxy) is 5. The maximum Gasteiger partial charge on any atom is 0.197 e. The number of benzene rings is 3. The summed E-state index contributed by atoms with van der Waals surface area (Å²) in [5.74, 6) is 3.38. The average molecular weight is 425 g/mol. The second-order valence-corrected chi connectivity index (χ2v) is 7.53. The molecule has 3 rings (SSSR count). The van der Waals surface area contributed by atoms with Gasteiger partial charge in [-0.2, -0.15) is 0 Å². The Balaban J connectivity index is 1.50. The lowest BCUT2D eigenvalue weighted by Crippen LogP contribution is -2.19. The molecule has 0 radical (unpaired) electrons. The fourth-order valence-electron chi connectivity index (χ4n) is 3.32. The van der Waals surface area contributed by atoms with Crippen LogP contribution in [0.4, 0.5) is 0 Å². The van der Waals surface area contributed by atoms with Crippen molar-refractivity contribution in [1.82, 2.24) is 0 Å². The van der Waals surface area contributed by atoms with Crippen molar-refractivity contribution in [3.05, 3.63) is 60.2 Å². The number of methoxy groups -OCH3 is 2. The molecule has 0 aliphatic carbocycles. The number of hydrogen-bond acceptors (Lipinski definition) is 5. The van der Waals surface area contributed by atoms with E-state index in [1.165, 1.54) is 10.9 Å². The number of fused-ring (bicyclic) bond motifs is 1. The molecule has 166 valence electrons. The molecule has 5 nitrogen and oxygen atoms in total. The third kappa shape index (κ3) is 6.28. The van der Waals surface area contributed by atoms with Crippen LogP contribution in [0.1, 0.15) is 38.7 Å². The molecule has 3 aromatic rings. The van der Waals surface area contributed by atoms with Crippen LogP contribution in [-0.2, 0) is 4.74 Å². The number of rotatable bonds is 11. The maximum absolute atomic E-state index is 5.93. The van der Waals surface area contributed by atoms with Crippen LogP contribution in [0.25, 0.3) is 10.8 Å². The van der Waals surface area contributed by atoms with E-state index in [0.717, 1.165) is 17.6 Å². The zero-order valence-electron chi connectivity index (χ0n) is 19.0. The molecule has 0 aliphatic rings. The molecular formula is C26H32O5. The first-order valence-electron chi connectivity index (χ1n) is 10.7. The minimum atomic E-state index is -0.389. The van der Waals surface area contributed by atoms with Crippen LogP contribution in [0.2, 0.25) is 0 Å². The van der Waals surface area contributed by atoms with Gasteiger partial charge in [0.1, 0.15) is 29.6 Å². The van der Waals surface area contributed by atoms with Crippen molar-refractivity contribution in [3.8, 4) is 23.0 Å². The summed E-state index contributed by atoms with van der Waals surface area (Å²) in [7, 11) is 3.22. The normalized spacial score (nSPS) is 12.9. The fourth-order valence-corrected chi connectivity index (χ4v) is 3.32. The molecule has 0 saturated heterocycles. The lowest BCUT2D eigenvalue weighted by molar-refractivity contribution is -0.0738. The largest absolute Gasteiger partial charge is 0.496 e. The molecule has 0 heterocycles. The first-order valence-corrected chi connectivity index (χ1v) is 10.7. The maximum atomic E-state index is 5.93. The third-order valence-corrected chi connectivity index (χ3v) is 5.35. The van der Waals surface area contributed by atoms with Gasteiger partial charge in [-0.05, 0) is 47.7 Å². The van der Waals surface area contributed by atoms with E-state index in [4.69, 9.17) is 23.7 Å². The van der Waals surface area contributed by atoms with Crippen molar-refractivity contribution >= 4 is 10.8 Å². The van der Waals surface area contributed by atoms with Crippen molar-refractivity contribution in [2.75, 3.05) is 27.4 Å². The predicted molar refractivity (Wildman–Crippen MR) is 124 cm³/mol. The van der Waals surface area contributed by atoms with Gasteiger partial charge in [0.2, 0.25) is 0 Å². The highest BCUT2D eigenvalue weighted by Crippen LogP contribution is 2.28. The molecule has 0 N–H and O–H groups in total. The van der Waals surface area contributed by atoms with Crippen LogP contribution in [0, 0.1) is 0 Å². The van der Waals surface area contributed by atoms with Gasteiger partial charge in [0, 0.05) is 18.2 Å². The molecule has 2 atom stereocenters. The number of hydrogen-bond donors (Lipinski definition) is 0. The van der Waals surface area contributed by atoms with E-state index in [9.17, 15) is 0 Å². The van der Waals surface area contributed by atoms with Gasteiger partial charge in [-0.15, -0.1) is 0 Å². The van der Waals surface area contributed by atoms with Gasteiger partial charge in [-0.3, -0.25) is 0 Å². The molecule has 0 aliphatic heterocycles. The highest BCUT2D eigenvalue weighted by molar-refractivity contribution is 5.84. The third-order valence-electron chi connectivity index (χ3n) is 5.35. The van der Waals surface area contributed by atoms with E-state index >= 15 is 0 Å². The summed E-state index contributed by atoms with van der Waals surface area (Å²) in [6.45, 7) is 7.13. The summed E-state index contributed by atoms with van der Waals surface area (Å²) in [4.78, 5) is 0. The molecule has 31 heavy (non-hydrogen) atoms. The van der Waals surface area contributed by atoms with Crippen LogP contribution in [-0.4, -0.2) is 33.7 Å². The monoisotopic (exact) mass is 424 g/mol. The molecule has 3 aromatic carbocycles. The molecule has 0 spiro atoms. The van der Waals surface area contributed by atoms with Crippen LogP contribution < -0.4 is 18.9 Å². The Morgan fingerprint density at radius 3 is 2.03 bits per heavy atom. The van der Waals surface area contributed by atoms with Crippen LogP contribution in [0.3, 0.4) is 0 Å². The first kappa shape index (κ1) is 22.8. The standard InChI is InChI=1S/C26H32O5/c1-6-18(2)20-7-8-22-14-23(10-9-21(22)13-20)31-19(3)29-11-12-30-26-16-24(27-4)15-25(17-26)28-5/h7-10,13-19H,6,11-12H2,1-5H3. The Morgan fingerprint density at radius 2 is 1.35 bits per heavy atom. The van der Waals surface area contributed by atoms with Crippen LogP contribution >= 0.6 is 0 Å². The molecular weight excluding hydrogens is 392 g/mol. The van der Waals surface area contributed by atoms with Crippen molar-refractivity contribution in [2.45, 2.75) is 39.4 Å². The van der Waals surface area contributed by atoms with Gasteiger partial charge in [-0.1, -0.05) is 38.1 Å². The predicted octanol–water partition coefficient (Wildman–Crippen LogP) is 6.19. The van der Waals surface area contributed by atoms with Crippen molar-refractivity contribution in [1.29, 1.82) is 0 Å². The van der Waals surface area contributed by atoms with E-state index in [2.05, 4.69) is 44.2 Å². The lowest BCUT2D eigenvalue weighted by atomic mass is 9.96. The Morgan fingerprint density at radius 1 is 0.710 bits per heavy atom. The average Bonchev–Trinajstić information content (AvgIpc) is 2.80. The van der Waals surface area contributed by atoms with E-state index < -0.39 is 0 Å². The summed E-state index contributed by atoms with van der Waals surface area (Å²) < 4.78 is 27.9. The fraction of sp³-hybridized carbons (Fsp3) is 0.385. The van der Waals surface area contributed by atoms with E-state index in [-0.39, 0.29) is 6.29 Å². The Labute approximate surface area is 184 Å². The van der Waals surface area contributed by atoms with Crippen LogP contribution in [0.15, 0.2) is 54.6 Å². The summed E-state index contributed by atoms with van der Waals surface area (Å²) >= 11 is 0. The van der Waals surface area contributed by atoms with E-state index in [1.807, 2.05) is 25.1 Å². The Hall–Kier alpha value is -2.92. The van der Waals surface area contributed by atoms with Crippen molar-refractivity contribution in [3.63, 3.8) is 0 Å². The lowest BCUT2D eigenvalue weighted by Gasteiger charge is -2.17. The smallest absolute Gasteiger partial charge is 0.197 e. The molecule has 0 fully saturated rings. The van der Waals surface area contributed by atoms with Crippen LogP contribution in [0.5, 0.6) is 23.0 Å². The zero-order valence-corrected chi connectivity index (χ0v) is 19.0. The van der Waals surface area contributed by atoms with Gasteiger partial charge >= 0.3 is 0 Å². The second kappa shape index (κ2) is 10.9. The topological polar surface area (TPSA) is 46.2 Å². The first-order chi connectivity index (χ1) is 15.0. The Bertz CT molecular complexity index is 962. The van der Waals surface area contributed by atoms with Gasteiger partial charge in [0.05, 0.1) is 20.8 Å². The Kier molecular flexibility index (Phi) is 8.01. The zero-order chi connectivity index (χ0) is 22.2. The highest BCUT2D eigenvalue weighted by atomic mass is 16.7. The molecule has 0 amide bonds. The quantitative estimate of drug-likeness (QED) is 0.271. The molecule has 0 bridgehead atoms. The summed E-state index contributed by atoms with van der Waals surface area (Å²) in [6, 6.07) is 18.2.